The molecule has 0 bridgehead atoms. The van der Waals surface area contributed by atoms with Gasteiger partial charge in [-0.05, 0) is 60.2 Å². The van der Waals surface area contributed by atoms with Gasteiger partial charge in [-0.15, -0.1) is 0 Å². The van der Waals surface area contributed by atoms with Gasteiger partial charge in [0.15, 0.2) is 5.78 Å². The van der Waals surface area contributed by atoms with Gasteiger partial charge in [0, 0.05) is 38.3 Å². The van der Waals surface area contributed by atoms with Crippen molar-refractivity contribution >= 4 is 17.5 Å². The zero-order valence-electron chi connectivity index (χ0n) is 21.4. The molecular weight excluding hydrogens is 468 g/mol. The number of hydrogen-bond acceptors (Lipinski definition) is 7. The van der Waals surface area contributed by atoms with Crippen LogP contribution in [0.15, 0.2) is 78.9 Å². The zero-order chi connectivity index (χ0) is 26.0. The molecule has 0 radical (unpaired) electrons. The molecule has 7 nitrogen and oxygen atoms in total. The monoisotopic (exact) mass is 502 g/mol. The molecule has 3 aromatic carbocycles. The first-order valence-corrected chi connectivity index (χ1v) is 12.4. The van der Waals surface area contributed by atoms with Gasteiger partial charge in [0.1, 0.15) is 30.0 Å². The second-order valence-corrected chi connectivity index (χ2v) is 8.92. The van der Waals surface area contributed by atoms with Crippen LogP contribution in [-0.2, 0) is 0 Å². The van der Waals surface area contributed by atoms with E-state index in [4.69, 9.17) is 14.2 Å². The molecule has 7 heteroatoms. The van der Waals surface area contributed by atoms with Crippen molar-refractivity contribution in [1.82, 2.24) is 4.90 Å². The van der Waals surface area contributed by atoms with Crippen molar-refractivity contribution in [2.24, 2.45) is 0 Å². The Bertz CT molecular complexity index is 1170. The molecule has 1 aliphatic rings. The van der Waals surface area contributed by atoms with Gasteiger partial charge < -0.3 is 24.2 Å². The molecule has 194 valence electrons. The number of methoxy groups -OCH3 is 2. The first kappa shape index (κ1) is 26.3. The van der Waals surface area contributed by atoms with E-state index < -0.39 is 6.10 Å². The topological polar surface area (TPSA) is 71.5 Å². The molecule has 1 unspecified atom stereocenters. The van der Waals surface area contributed by atoms with Crippen molar-refractivity contribution in [2.75, 3.05) is 58.5 Å². The number of piperazine rings is 1. The van der Waals surface area contributed by atoms with Gasteiger partial charge >= 0.3 is 0 Å². The number of β-amino-alcohol motifs (C(OH)–C–C–N with tert-alkyl or cyclic N) is 1. The molecule has 37 heavy (non-hydrogen) atoms. The van der Waals surface area contributed by atoms with Crippen LogP contribution in [0.4, 0.5) is 5.69 Å². The first-order valence-electron chi connectivity index (χ1n) is 12.4. The molecule has 1 heterocycles. The normalized spacial score (nSPS) is 14.9. The molecule has 1 saturated heterocycles. The third kappa shape index (κ3) is 7.35. The van der Waals surface area contributed by atoms with Crippen LogP contribution in [0.25, 0.3) is 6.08 Å². The molecule has 1 aliphatic heterocycles. The standard InChI is InChI=1S/C30H34N2O5/c1-35-26-12-7-23(8-13-26)9-16-29(34)24-10-14-27(15-11-24)37-22-25(33)21-31-17-19-32(20-18-31)28-5-3-4-6-30(28)36-2/h3-16,25,33H,17-22H2,1-2H3. The minimum absolute atomic E-state index is 0.0883. The summed E-state index contributed by atoms with van der Waals surface area (Å²) in [5.41, 5.74) is 2.60. The number of rotatable bonds is 11. The fraction of sp³-hybridized carbons (Fsp3) is 0.300. The third-order valence-corrected chi connectivity index (χ3v) is 6.39. The maximum absolute atomic E-state index is 12.5. The summed E-state index contributed by atoms with van der Waals surface area (Å²) in [7, 11) is 3.31. The lowest BCUT2D eigenvalue weighted by molar-refractivity contribution is 0.0662. The van der Waals surface area contributed by atoms with E-state index in [1.165, 1.54) is 0 Å². The first-order chi connectivity index (χ1) is 18.1. The Balaban J connectivity index is 1.20. The van der Waals surface area contributed by atoms with Gasteiger partial charge in [-0.2, -0.15) is 0 Å². The van der Waals surface area contributed by atoms with Crippen LogP contribution in [0.3, 0.4) is 0 Å². The summed E-state index contributed by atoms with van der Waals surface area (Å²) < 4.78 is 16.4. The smallest absolute Gasteiger partial charge is 0.185 e. The van der Waals surface area contributed by atoms with Crippen molar-refractivity contribution in [3.8, 4) is 17.2 Å². The van der Waals surface area contributed by atoms with Crippen LogP contribution < -0.4 is 19.1 Å². The van der Waals surface area contributed by atoms with Crippen LogP contribution >= 0.6 is 0 Å². The summed E-state index contributed by atoms with van der Waals surface area (Å²) in [6, 6.07) is 22.5. The van der Waals surface area contributed by atoms with Crippen molar-refractivity contribution in [2.45, 2.75) is 6.10 Å². The minimum Gasteiger partial charge on any atom is -0.497 e. The van der Waals surface area contributed by atoms with E-state index in [-0.39, 0.29) is 12.4 Å². The van der Waals surface area contributed by atoms with E-state index >= 15 is 0 Å². The van der Waals surface area contributed by atoms with E-state index in [2.05, 4.69) is 15.9 Å². The van der Waals surface area contributed by atoms with Gasteiger partial charge in [0.2, 0.25) is 0 Å². The number of ketones is 1. The maximum Gasteiger partial charge on any atom is 0.185 e. The highest BCUT2D eigenvalue weighted by atomic mass is 16.5. The average molecular weight is 503 g/mol. The highest BCUT2D eigenvalue weighted by Crippen LogP contribution is 2.28. The number of carbonyl (C=O) groups excluding carboxylic acids is 1. The predicted octanol–water partition coefficient (Wildman–Crippen LogP) is 4.16. The Kier molecular flexibility index (Phi) is 9.18. The second kappa shape index (κ2) is 12.9. The molecule has 0 spiro atoms. The Morgan fingerprint density at radius 2 is 1.57 bits per heavy atom. The molecule has 4 rings (SSSR count). The number of nitrogens with zero attached hydrogens (tertiary/aromatic N) is 2. The van der Waals surface area contributed by atoms with Gasteiger partial charge in [-0.1, -0.05) is 30.3 Å². The molecule has 3 aromatic rings. The van der Waals surface area contributed by atoms with Gasteiger partial charge in [-0.25, -0.2) is 0 Å². The Hall–Kier alpha value is -3.81. The number of para-hydroxylation sites is 2. The summed E-state index contributed by atoms with van der Waals surface area (Å²) in [4.78, 5) is 17.0. The molecule has 0 aliphatic carbocycles. The van der Waals surface area contributed by atoms with Gasteiger partial charge in [0.05, 0.1) is 19.9 Å². The van der Waals surface area contributed by atoms with Crippen molar-refractivity contribution in [3.63, 3.8) is 0 Å². The fourth-order valence-electron chi connectivity index (χ4n) is 4.30. The van der Waals surface area contributed by atoms with E-state index in [0.717, 1.165) is 48.9 Å². The summed E-state index contributed by atoms with van der Waals surface area (Å²) >= 11 is 0. The van der Waals surface area contributed by atoms with Crippen molar-refractivity contribution < 1.29 is 24.1 Å². The third-order valence-electron chi connectivity index (χ3n) is 6.39. The summed E-state index contributed by atoms with van der Waals surface area (Å²) in [6.45, 7) is 4.20. The summed E-state index contributed by atoms with van der Waals surface area (Å²) in [5, 5.41) is 10.5. The molecule has 0 amide bonds. The van der Waals surface area contributed by atoms with Crippen LogP contribution in [0.2, 0.25) is 0 Å². The number of ether oxygens (including phenoxy) is 3. The molecule has 0 aromatic heterocycles. The molecule has 1 atom stereocenters. The number of aliphatic hydroxyl groups is 1. The molecule has 1 fully saturated rings. The quantitative estimate of drug-likeness (QED) is 0.312. The lowest BCUT2D eigenvalue weighted by Gasteiger charge is -2.37. The lowest BCUT2D eigenvalue weighted by atomic mass is 10.1. The summed E-state index contributed by atoms with van der Waals surface area (Å²) in [5.74, 6) is 2.19. The number of carbonyl (C=O) groups is 1. The van der Waals surface area contributed by atoms with Crippen LogP contribution in [-0.4, -0.2) is 75.4 Å². The van der Waals surface area contributed by atoms with E-state index in [1.807, 2.05) is 42.5 Å². The van der Waals surface area contributed by atoms with Gasteiger partial charge in [0.25, 0.3) is 0 Å². The zero-order valence-corrected chi connectivity index (χ0v) is 21.4. The van der Waals surface area contributed by atoms with Crippen molar-refractivity contribution in [1.29, 1.82) is 0 Å². The SMILES string of the molecule is COc1ccc(C=CC(=O)c2ccc(OCC(O)CN3CCN(c4ccccc4OC)CC3)cc2)cc1. The van der Waals surface area contributed by atoms with Crippen LogP contribution in [0.5, 0.6) is 17.2 Å². The van der Waals surface area contributed by atoms with E-state index in [0.29, 0.717) is 17.9 Å². The Morgan fingerprint density at radius 3 is 2.24 bits per heavy atom. The van der Waals surface area contributed by atoms with Gasteiger partial charge in [-0.3, -0.25) is 9.69 Å². The van der Waals surface area contributed by atoms with E-state index in [9.17, 15) is 9.90 Å². The molecular formula is C30H34N2O5. The van der Waals surface area contributed by atoms with Crippen LogP contribution in [0, 0.1) is 0 Å². The fourth-order valence-corrected chi connectivity index (χ4v) is 4.30. The lowest BCUT2D eigenvalue weighted by Crippen LogP contribution is -2.49. The highest BCUT2D eigenvalue weighted by Gasteiger charge is 2.21. The van der Waals surface area contributed by atoms with E-state index in [1.54, 1.807) is 50.6 Å². The molecule has 0 saturated carbocycles. The summed E-state index contributed by atoms with van der Waals surface area (Å²) in [6.07, 6.45) is 2.72. The Labute approximate surface area is 218 Å². The van der Waals surface area contributed by atoms with Crippen LogP contribution in [0.1, 0.15) is 15.9 Å². The molecule has 1 N–H and O–H groups in total. The number of benzene rings is 3. The number of allylic oxidation sites excluding steroid dienone is 1. The van der Waals surface area contributed by atoms with Crippen molar-refractivity contribution in [3.05, 3.63) is 90.0 Å². The average Bonchev–Trinajstić information content (AvgIpc) is 2.95. The Morgan fingerprint density at radius 1 is 0.892 bits per heavy atom. The highest BCUT2D eigenvalue weighted by molar-refractivity contribution is 6.06. The number of hydrogen-bond donors (Lipinski definition) is 1. The number of aliphatic hydroxyl groups excluding tert-OH is 1. The predicted molar refractivity (Wildman–Crippen MR) is 146 cm³/mol. The second-order valence-electron chi connectivity index (χ2n) is 8.92. The minimum atomic E-state index is -0.605. The maximum atomic E-state index is 12.5. The number of anilines is 1. The largest absolute Gasteiger partial charge is 0.497 e.